The molecular weight excluding hydrogens is 252 g/mol. The molecule has 0 aromatic carbocycles. The van der Waals surface area contributed by atoms with Gasteiger partial charge in [0, 0.05) is 6.61 Å². The van der Waals surface area contributed by atoms with E-state index in [-0.39, 0.29) is 17.9 Å². The van der Waals surface area contributed by atoms with E-state index in [2.05, 4.69) is 9.97 Å². The number of carboxylic acid groups (broad SMARTS) is 1. The summed E-state index contributed by atoms with van der Waals surface area (Å²) in [6, 6.07) is 0. The molecule has 1 N–H and O–H groups in total. The summed E-state index contributed by atoms with van der Waals surface area (Å²) in [7, 11) is 0. The van der Waals surface area contributed by atoms with Crippen molar-refractivity contribution in [2.75, 3.05) is 19.8 Å². The minimum absolute atomic E-state index is 0.112. The molecule has 0 amide bonds. The molecule has 0 spiro atoms. The maximum Gasteiger partial charge on any atom is 0.356 e. The highest BCUT2D eigenvalue weighted by Crippen LogP contribution is 2.13. The molecule has 0 aliphatic carbocycles. The SMILES string of the molecule is O=C(O)c1cnc(OCCOC2CCCCO2)cn1. The molecule has 1 atom stereocenters. The molecule has 1 unspecified atom stereocenters. The fourth-order valence-electron chi connectivity index (χ4n) is 1.67. The molecule has 2 heterocycles. The second-order valence-electron chi connectivity index (χ2n) is 4.06. The Morgan fingerprint density at radius 2 is 2.26 bits per heavy atom. The highest BCUT2D eigenvalue weighted by Gasteiger charge is 2.13. The molecule has 0 bridgehead atoms. The molecule has 104 valence electrons. The second-order valence-corrected chi connectivity index (χ2v) is 4.06. The lowest BCUT2D eigenvalue weighted by Gasteiger charge is -2.22. The van der Waals surface area contributed by atoms with Crippen molar-refractivity contribution in [1.29, 1.82) is 0 Å². The van der Waals surface area contributed by atoms with Crippen LogP contribution in [0.1, 0.15) is 29.8 Å². The first-order valence-corrected chi connectivity index (χ1v) is 6.17. The number of aromatic nitrogens is 2. The third kappa shape index (κ3) is 4.46. The van der Waals surface area contributed by atoms with Gasteiger partial charge in [-0.2, -0.15) is 0 Å². The van der Waals surface area contributed by atoms with Gasteiger partial charge in [-0.25, -0.2) is 14.8 Å². The molecule has 0 radical (unpaired) electrons. The fourth-order valence-corrected chi connectivity index (χ4v) is 1.67. The van der Waals surface area contributed by atoms with E-state index < -0.39 is 5.97 Å². The first-order valence-electron chi connectivity index (χ1n) is 6.17. The molecular formula is C12H16N2O5. The number of hydrogen-bond donors (Lipinski definition) is 1. The Kier molecular flexibility index (Phi) is 5.05. The normalized spacial score (nSPS) is 19.1. The average Bonchev–Trinajstić information content (AvgIpc) is 2.45. The van der Waals surface area contributed by atoms with Crippen LogP contribution in [-0.4, -0.2) is 47.2 Å². The molecule has 0 saturated carbocycles. The minimum Gasteiger partial charge on any atom is -0.476 e. The van der Waals surface area contributed by atoms with Gasteiger partial charge < -0.3 is 19.3 Å². The lowest BCUT2D eigenvalue weighted by molar-refractivity contribution is -0.165. The largest absolute Gasteiger partial charge is 0.476 e. The van der Waals surface area contributed by atoms with Gasteiger partial charge in [0.15, 0.2) is 12.0 Å². The van der Waals surface area contributed by atoms with Gasteiger partial charge in [0.25, 0.3) is 0 Å². The zero-order valence-electron chi connectivity index (χ0n) is 10.4. The predicted molar refractivity (Wildman–Crippen MR) is 64.0 cm³/mol. The van der Waals surface area contributed by atoms with Crippen molar-refractivity contribution in [3.63, 3.8) is 0 Å². The number of carboxylic acids is 1. The number of nitrogens with zero attached hydrogens (tertiary/aromatic N) is 2. The first kappa shape index (κ1) is 13.7. The molecule has 7 nitrogen and oxygen atoms in total. The van der Waals surface area contributed by atoms with Crippen molar-refractivity contribution in [1.82, 2.24) is 9.97 Å². The Morgan fingerprint density at radius 1 is 1.37 bits per heavy atom. The Labute approximate surface area is 110 Å². The minimum atomic E-state index is -1.11. The molecule has 1 aromatic heterocycles. The van der Waals surface area contributed by atoms with Crippen molar-refractivity contribution < 1.29 is 24.1 Å². The van der Waals surface area contributed by atoms with Crippen LogP contribution >= 0.6 is 0 Å². The van der Waals surface area contributed by atoms with Gasteiger partial charge in [-0.1, -0.05) is 0 Å². The molecule has 1 saturated heterocycles. The highest BCUT2D eigenvalue weighted by atomic mass is 16.7. The van der Waals surface area contributed by atoms with E-state index in [1.54, 1.807) is 0 Å². The number of rotatable bonds is 6. The molecule has 1 aliphatic rings. The summed E-state index contributed by atoms with van der Waals surface area (Å²) in [6.07, 6.45) is 5.41. The van der Waals surface area contributed by atoms with Gasteiger partial charge in [-0.15, -0.1) is 0 Å². The van der Waals surface area contributed by atoms with Crippen LogP contribution in [0.25, 0.3) is 0 Å². The van der Waals surface area contributed by atoms with Gasteiger partial charge in [0.2, 0.25) is 5.88 Å². The van der Waals surface area contributed by atoms with Crippen LogP contribution in [0, 0.1) is 0 Å². The lowest BCUT2D eigenvalue weighted by atomic mass is 10.2. The summed E-state index contributed by atoms with van der Waals surface area (Å²) in [5.74, 6) is -0.838. The number of ether oxygens (including phenoxy) is 3. The van der Waals surface area contributed by atoms with Crippen LogP contribution in [0.3, 0.4) is 0 Å². The van der Waals surface area contributed by atoms with Crippen molar-refractivity contribution in [2.24, 2.45) is 0 Å². The number of carbonyl (C=O) groups is 1. The fraction of sp³-hybridized carbons (Fsp3) is 0.583. The van der Waals surface area contributed by atoms with Crippen molar-refractivity contribution >= 4 is 5.97 Å². The van der Waals surface area contributed by atoms with Gasteiger partial charge in [0.05, 0.1) is 19.0 Å². The van der Waals surface area contributed by atoms with E-state index in [0.29, 0.717) is 13.2 Å². The summed E-state index contributed by atoms with van der Waals surface area (Å²) in [6.45, 7) is 1.46. The zero-order valence-corrected chi connectivity index (χ0v) is 10.4. The van der Waals surface area contributed by atoms with Crippen molar-refractivity contribution in [3.05, 3.63) is 18.1 Å². The standard InChI is InChI=1S/C12H16N2O5/c15-12(16)9-7-14-10(8-13-9)17-5-6-19-11-3-1-2-4-18-11/h7-8,11H,1-6H2,(H,15,16). The molecule has 1 aliphatic heterocycles. The number of hydrogen-bond acceptors (Lipinski definition) is 6. The maximum absolute atomic E-state index is 10.6. The third-order valence-electron chi connectivity index (χ3n) is 2.62. The van der Waals surface area contributed by atoms with Crippen molar-refractivity contribution in [2.45, 2.75) is 25.6 Å². The van der Waals surface area contributed by atoms with E-state index in [1.165, 1.54) is 6.20 Å². The summed E-state index contributed by atoms with van der Waals surface area (Å²) >= 11 is 0. The molecule has 19 heavy (non-hydrogen) atoms. The van der Waals surface area contributed by atoms with E-state index in [4.69, 9.17) is 19.3 Å². The Balaban J connectivity index is 1.66. The summed E-state index contributed by atoms with van der Waals surface area (Å²) in [5, 5.41) is 8.66. The van der Waals surface area contributed by atoms with Gasteiger partial charge in [-0.05, 0) is 19.3 Å². The Bertz CT molecular complexity index is 403. The van der Waals surface area contributed by atoms with Gasteiger partial charge in [0.1, 0.15) is 6.61 Å². The highest BCUT2D eigenvalue weighted by molar-refractivity contribution is 5.84. The summed E-state index contributed by atoms with van der Waals surface area (Å²) in [5.41, 5.74) is -0.112. The average molecular weight is 268 g/mol. The molecule has 1 aromatic rings. The van der Waals surface area contributed by atoms with Crippen LogP contribution in [0.5, 0.6) is 5.88 Å². The molecule has 7 heteroatoms. The first-order chi connectivity index (χ1) is 9.25. The quantitative estimate of drug-likeness (QED) is 0.772. The van der Waals surface area contributed by atoms with E-state index >= 15 is 0 Å². The predicted octanol–water partition coefficient (Wildman–Crippen LogP) is 1.10. The second kappa shape index (κ2) is 7.01. The lowest BCUT2D eigenvalue weighted by Crippen LogP contribution is -2.24. The monoisotopic (exact) mass is 268 g/mol. The molecule has 2 rings (SSSR count). The van der Waals surface area contributed by atoms with Crippen LogP contribution in [0.4, 0.5) is 0 Å². The van der Waals surface area contributed by atoms with Crippen LogP contribution in [0.2, 0.25) is 0 Å². The van der Waals surface area contributed by atoms with Crippen LogP contribution in [0.15, 0.2) is 12.4 Å². The van der Waals surface area contributed by atoms with Crippen LogP contribution < -0.4 is 4.74 Å². The van der Waals surface area contributed by atoms with E-state index in [0.717, 1.165) is 32.1 Å². The summed E-state index contributed by atoms with van der Waals surface area (Å²) < 4.78 is 16.2. The maximum atomic E-state index is 10.6. The zero-order chi connectivity index (χ0) is 13.5. The smallest absolute Gasteiger partial charge is 0.356 e. The molecule has 1 fully saturated rings. The van der Waals surface area contributed by atoms with E-state index in [1.807, 2.05) is 0 Å². The van der Waals surface area contributed by atoms with Gasteiger partial charge in [-0.3, -0.25) is 0 Å². The topological polar surface area (TPSA) is 90.8 Å². The third-order valence-corrected chi connectivity index (χ3v) is 2.62. The van der Waals surface area contributed by atoms with E-state index in [9.17, 15) is 4.79 Å². The number of aromatic carboxylic acids is 1. The van der Waals surface area contributed by atoms with Gasteiger partial charge >= 0.3 is 5.97 Å². The summed E-state index contributed by atoms with van der Waals surface area (Å²) in [4.78, 5) is 18.1. The Hall–Kier alpha value is -1.73. The van der Waals surface area contributed by atoms with Crippen LogP contribution in [-0.2, 0) is 9.47 Å². The van der Waals surface area contributed by atoms with Crippen molar-refractivity contribution in [3.8, 4) is 5.88 Å². The Morgan fingerprint density at radius 3 is 2.89 bits per heavy atom.